The van der Waals surface area contributed by atoms with E-state index in [0.29, 0.717) is 18.2 Å². The Balaban J connectivity index is 1.50. The highest BCUT2D eigenvalue weighted by Gasteiger charge is 2.16. The molecule has 0 aliphatic heterocycles. The van der Waals surface area contributed by atoms with Crippen molar-refractivity contribution in [3.63, 3.8) is 0 Å². The predicted molar refractivity (Wildman–Crippen MR) is 110 cm³/mol. The minimum absolute atomic E-state index is 0.0700. The molecule has 3 rings (SSSR count). The fourth-order valence-electron chi connectivity index (χ4n) is 2.59. The van der Waals surface area contributed by atoms with Crippen molar-refractivity contribution in [1.29, 1.82) is 0 Å². The van der Waals surface area contributed by atoms with Crippen molar-refractivity contribution in [3.05, 3.63) is 46.2 Å². The van der Waals surface area contributed by atoms with E-state index in [4.69, 9.17) is 0 Å². The van der Waals surface area contributed by atoms with Crippen LogP contribution < -0.4 is 5.32 Å². The van der Waals surface area contributed by atoms with Gasteiger partial charge in [-0.3, -0.25) is 9.59 Å². The van der Waals surface area contributed by atoms with Gasteiger partial charge in [-0.2, -0.15) is 0 Å². The monoisotopic (exact) mass is 402 g/mol. The summed E-state index contributed by atoms with van der Waals surface area (Å²) in [4.78, 5) is 34.9. The van der Waals surface area contributed by atoms with E-state index in [1.165, 1.54) is 11.8 Å². The minimum Gasteiger partial charge on any atom is -0.350 e. The van der Waals surface area contributed by atoms with Crippen molar-refractivity contribution in [1.82, 2.24) is 20.2 Å². The molecule has 8 heteroatoms. The Morgan fingerprint density at radius 1 is 1.33 bits per heavy atom. The highest BCUT2D eigenvalue weighted by atomic mass is 32.2. The number of rotatable bonds is 8. The highest BCUT2D eigenvalue weighted by Crippen LogP contribution is 2.20. The molecule has 0 aliphatic rings. The van der Waals surface area contributed by atoms with Crippen molar-refractivity contribution in [2.24, 2.45) is 0 Å². The second kappa shape index (κ2) is 9.05. The van der Waals surface area contributed by atoms with Crippen LogP contribution in [-0.2, 0) is 16.1 Å². The van der Waals surface area contributed by atoms with Crippen molar-refractivity contribution < 1.29 is 9.59 Å². The SMILES string of the molecule is CCN(CC(=O)NCc1cccs1)C(=O)CSc1nc2ccc(C)cc2[nH]1. The summed E-state index contributed by atoms with van der Waals surface area (Å²) in [5.41, 5.74) is 3.01. The van der Waals surface area contributed by atoms with Gasteiger partial charge >= 0.3 is 0 Å². The van der Waals surface area contributed by atoms with E-state index in [1.807, 2.05) is 49.6 Å². The Bertz CT molecular complexity index is 921. The van der Waals surface area contributed by atoms with Crippen LogP contribution in [0.5, 0.6) is 0 Å². The number of carbonyl (C=O) groups is 2. The number of nitrogens with one attached hydrogen (secondary N) is 2. The third kappa shape index (κ3) is 5.33. The van der Waals surface area contributed by atoms with E-state index in [2.05, 4.69) is 15.3 Å². The number of H-pyrrole nitrogens is 1. The standard InChI is InChI=1S/C19H22N4O2S2/c1-3-23(11-17(24)20-10-14-5-4-8-26-14)18(25)12-27-19-21-15-7-6-13(2)9-16(15)22-19/h4-9H,3,10-12H2,1-2H3,(H,20,24)(H,21,22). The molecule has 142 valence electrons. The van der Waals surface area contributed by atoms with Gasteiger partial charge in [-0.15, -0.1) is 11.3 Å². The zero-order valence-electron chi connectivity index (χ0n) is 15.3. The van der Waals surface area contributed by atoms with E-state index < -0.39 is 0 Å². The summed E-state index contributed by atoms with van der Waals surface area (Å²) >= 11 is 2.95. The summed E-state index contributed by atoms with van der Waals surface area (Å²) in [5, 5.41) is 5.54. The van der Waals surface area contributed by atoms with Crippen molar-refractivity contribution in [2.45, 2.75) is 25.5 Å². The summed E-state index contributed by atoms with van der Waals surface area (Å²) in [5.74, 6) is 0.0124. The molecule has 2 heterocycles. The molecule has 0 unspecified atom stereocenters. The Morgan fingerprint density at radius 3 is 2.93 bits per heavy atom. The highest BCUT2D eigenvalue weighted by molar-refractivity contribution is 7.99. The third-order valence-electron chi connectivity index (χ3n) is 4.06. The number of likely N-dealkylation sites (N-methyl/N-ethyl adjacent to an activating group) is 1. The molecule has 0 saturated heterocycles. The summed E-state index contributed by atoms with van der Waals surface area (Å²) < 4.78 is 0. The number of hydrogen-bond donors (Lipinski definition) is 2. The summed E-state index contributed by atoms with van der Waals surface area (Å²) in [6, 6.07) is 9.92. The first-order valence-corrected chi connectivity index (χ1v) is 10.6. The number of aryl methyl sites for hydroxylation is 1. The number of nitrogens with zero attached hydrogens (tertiary/aromatic N) is 2. The van der Waals surface area contributed by atoms with Gasteiger partial charge in [-0.25, -0.2) is 4.98 Å². The van der Waals surface area contributed by atoms with Crippen LogP contribution in [0.25, 0.3) is 11.0 Å². The molecule has 2 aromatic heterocycles. The predicted octanol–water partition coefficient (Wildman–Crippen LogP) is 3.19. The zero-order chi connectivity index (χ0) is 19.2. The van der Waals surface area contributed by atoms with E-state index in [1.54, 1.807) is 16.2 Å². The van der Waals surface area contributed by atoms with Crippen LogP contribution in [0.15, 0.2) is 40.9 Å². The van der Waals surface area contributed by atoms with Crippen LogP contribution in [0.3, 0.4) is 0 Å². The van der Waals surface area contributed by atoms with Crippen molar-refractivity contribution >= 4 is 45.9 Å². The number of aromatic nitrogens is 2. The molecule has 6 nitrogen and oxygen atoms in total. The average Bonchev–Trinajstić information content (AvgIpc) is 3.31. The van der Waals surface area contributed by atoms with Crippen molar-refractivity contribution in [3.8, 4) is 0 Å². The number of thioether (sulfide) groups is 1. The molecule has 0 atom stereocenters. The molecule has 1 aromatic carbocycles. The van der Waals surface area contributed by atoms with Gasteiger partial charge in [0.1, 0.15) is 0 Å². The van der Waals surface area contributed by atoms with Gasteiger partial charge in [0, 0.05) is 11.4 Å². The normalized spacial score (nSPS) is 10.9. The van der Waals surface area contributed by atoms with Crippen molar-refractivity contribution in [2.75, 3.05) is 18.8 Å². The van der Waals surface area contributed by atoms with Crippen LogP contribution in [0.1, 0.15) is 17.4 Å². The molecule has 2 N–H and O–H groups in total. The number of benzene rings is 1. The molecule has 0 radical (unpaired) electrons. The Morgan fingerprint density at radius 2 is 2.19 bits per heavy atom. The Hall–Kier alpha value is -2.32. The molecule has 0 bridgehead atoms. The quantitative estimate of drug-likeness (QED) is 0.567. The summed E-state index contributed by atoms with van der Waals surface area (Å²) in [6.07, 6.45) is 0. The van der Waals surface area contributed by atoms with Gasteiger partial charge in [-0.05, 0) is 43.0 Å². The fraction of sp³-hybridized carbons (Fsp3) is 0.316. The van der Waals surface area contributed by atoms with E-state index >= 15 is 0 Å². The van der Waals surface area contributed by atoms with Crippen LogP contribution in [0.2, 0.25) is 0 Å². The number of aromatic amines is 1. The Kier molecular flexibility index (Phi) is 6.52. The first-order valence-electron chi connectivity index (χ1n) is 8.71. The maximum Gasteiger partial charge on any atom is 0.239 e. The molecule has 0 fully saturated rings. The zero-order valence-corrected chi connectivity index (χ0v) is 17.0. The van der Waals surface area contributed by atoms with Gasteiger partial charge in [0.2, 0.25) is 11.8 Å². The topological polar surface area (TPSA) is 78.1 Å². The number of carbonyl (C=O) groups excluding carboxylic acids is 2. The molecule has 0 saturated carbocycles. The molecule has 27 heavy (non-hydrogen) atoms. The summed E-state index contributed by atoms with van der Waals surface area (Å²) in [6.45, 7) is 4.96. The van der Waals surface area contributed by atoms with Crippen LogP contribution >= 0.6 is 23.1 Å². The molecule has 0 spiro atoms. The van der Waals surface area contributed by atoms with Gasteiger partial charge in [-0.1, -0.05) is 23.9 Å². The number of fused-ring (bicyclic) bond motifs is 1. The lowest BCUT2D eigenvalue weighted by molar-refractivity contribution is -0.133. The van der Waals surface area contributed by atoms with Crippen LogP contribution in [0, 0.1) is 6.92 Å². The number of thiophene rings is 1. The molecular formula is C19H22N4O2S2. The average molecular weight is 403 g/mol. The van der Waals surface area contributed by atoms with E-state index in [0.717, 1.165) is 21.5 Å². The van der Waals surface area contributed by atoms with E-state index in [-0.39, 0.29) is 24.1 Å². The van der Waals surface area contributed by atoms with Gasteiger partial charge in [0.25, 0.3) is 0 Å². The second-order valence-corrected chi connectivity index (χ2v) is 8.11. The molecular weight excluding hydrogens is 380 g/mol. The molecule has 3 aromatic rings. The van der Waals surface area contributed by atoms with Gasteiger partial charge in [0.15, 0.2) is 5.16 Å². The first-order chi connectivity index (χ1) is 13.0. The lowest BCUT2D eigenvalue weighted by Gasteiger charge is -2.19. The Labute approximate surface area is 166 Å². The smallest absolute Gasteiger partial charge is 0.239 e. The van der Waals surface area contributed by atoms with Gasteiger partial charge in [0.05, 0.1) is 29.9 Å². The number of hydrogen-bond acceptors (Lipinski definition) is 5. The van der Waals surface area contributed by atoms with E-state index in [9.17, 15) is 9.59 Å². The fourth-order valence-corrected chi connectivity index (χ4v) is 4.03. The number of amides is 2. The molecule has 0 aliphatic carbocycles. The maximum atomic E-state index is 12.5. The van der Waals surface area contributed by atoms with Crippen LogP contribution in [0.4, 0.5) is 0 Å². The third-order valence-corrected chi connectivity index (χ3v) is 5.79. The molecule has 2 amide bonds. The largest absolute Gasteiger partial charge is 0.350 e. The second-order valence-electron chi connectivity index (χ2n) is 6.12. The lowest BCUT2D eigenvalue weighted by atomic mass is 10.2. The van der Waals surface area contributed by atoms with Crippen LogP contribution in [-0.4, -0.2) is 45.5 Å². The maximum absolute atomic E-state index is 12.5. The first kappa shape index (κ1) is 19.4. The van der Waals surface area contributed by atoms with Gasteiger partial charge < -0.3 is 15.2 Å². The minimum atomic E-state index is -0.150. The lowest BCUT2D eigenvalue weighted by Crippen LogP contribution is -2.41. The number of imidazole rings is 1. The summed E-state index contributed by atoms with van der Waals surface area (Å²) in [7, 11) is 0.